The number of nitrogens with zero attached hydrogens (tertiary/aromatic N) is 2. The van der Waals surface area contributed by atoms with Crippen LogP contribution in [0.5, 0.6) is 5.75 Å². The van der Waals surface area contributed by atoms with Gasteiger partial charge in [-0.05, 0) is 42.0 Å². The van der Waals surface area contributed by atoms with Gasteiger partial charge in [0.2, 0.25) is 0 Å². The second-order valence-electron chi connectivity index (χ2n) is 7.09. The number of amides is 1. The molecule has 162 valence electrons. The van der Waals surface area contributed by atoms with Crippen molar-refractivity contribution in [2.24, 2.45) is 0 Å². The normalized spacial score (nSPS) is 17.5. The maximum atomic E-state index is 12.9. The van der Waals surface area contributed by atoms with Crippen molar-refractivity contribution >= 4 is 23.1 Å². The number of hydrogen-bond acceptors (Lipinski definition) is 7. The van der Waals surface area contributed by atoms with Crippen LogP contribution in [0.4, 0.5) is 5.69 Å². The van der Waals surface area contributed by atoms with Gasteiger partial charge in [-0.1, -0.05) is 12.1 Å². The van der Waals surface area contributed by atoms with Crippen molar-refractivity contribution in [3.05, 3.63) is 99.5 Å². The van der Waals surface area contributed by atoms with E-state index < -0.39 is 28.4 Å². The van der Waals surface area contributed by atoms with Crippen molar-refractivity contribution in [3.63, 3.8) is 0 Å². The summed E-state index contributed by atoms with van der Waals surface area (Å²) in [5, 5.41) is 21.8. The Morgan fingerprint density at radius 3 is 2.38 bits per heavy atom. The summed E-state index contributed by atoms with van der Waals surface area (Å²) >= 11 is 0. The van der Waals surface area contributed by atoms with Crippen LogP contribution < -0.4 is 4.74 Å². The Labute approximate surface area is 182 Å². The number of benzene rings is 2. The van der Waals surface area contributed by atoms with Crippen LogP contribution in [0.2, 0.25) is 0 Å². The van der Waals surface area contributed by atoms with E-state index in [0.717, 1.165) is 5.56 Å². The smallest absolute Gasteiger partial charge is 0.296 e. The van der Waals surface area contributed by atoms with Gasteiger partial charge in [-0.3, -0.25) is 19.7 Å². The van der Waals surface area contributed by atoms with Crippen molar-refractivity contribution in [3.8, 4) is 5.75 Å². The predicted molar refractivity (Wildman–Crippen MR) is 113 cm³/mol. The number of Topliss-reactive ketones (excluding diaryl/α,β-unsaturated/α-hetero) is 1. The average molecular weight is 434 g/mol. The molecule has 0 saturated carbocycles. The molecule has 1 unspecified atom stereocenters. The van der Waals surface area contributed by atoms with E-state index in [1.807, 2.05) is 0 Å². The lowest BCUT2D eigenvalue weighted by molar-refractivity contribution is -0.384. The number of likely N-dealkylation sites (tertiary alicyclic amines) is 1. The molecule has 1 aliphatic rings. The predicted octanol–water partition coefficient (Wildman–Crippen LogP) is 3.82. The van der Waals surface area contributed by atoms with Crippen LogP contribution in [0.15, 0.2) is 76.9 Å². The van der Waals surface area contributed by atoms with Gasteiger partial charge in [-0.2, -0.15) is 0 Å². The van der Waals surface area contributed by atoms with Gasteiger partial charge in [0.15, 0.2) is 0 Å². The third-order valence-corrected chi connectivity index (χ3v) is 5.22. The molecular weight excluding hydrogens is 416 g/mol. The standard InChI is InChI=1S/C23H18N2O7/c1-31-17-10-4-14(5-11-17)13-24-20(18-3-2-12-32-18)19(22(27)23(24)28)21(26)15-6-8-16(9-7-15)25(29)30/h2-12,20,26H,13H2,1H3/b21-19-. The lowest BCUT2D eigenvalue weighted by Crippen LogP contribution is -2.29. The van der Waals surface area contributed by atoms with E-state index in [0.29, 0.717) is 11.5 Å². The molecule has 1 amide bonds. The molecule has 1 atom stereocenters. The number of furan rings is 1. The van der Waals surface area contributed by atoms with Gasteiger partial charge in [0.1, 0.15) is 23.3 Å². The van der Waals surface area contributed by atoms with Gasteiger partial charge < -0.3 is 19.2 Å². The van der Waals surface area contributed by atoms with E-state index in [2.05, 4.69) is 0 Å². The van der Waals surface area contributed by atoms with Crippen LogP contribution in [-0.2, 0) is 16.1 Å². The van der Waals surface area contributed by atoms with Crippen molar-refractivity contribution in [1.29, 1.82) is 0 Å². The first-order valence-corrected chi connectivity index (χ1v) is 9.60. The van der Waals surface area contributed by atoms with E-state index in [1.54, 1.807) is 43.5 Å². The third kappa shape index (κ3) is 3.71. The van der Waals surface area contributed by atoms with E-state index in [4.69, 9.17) is 9.15 Å². The first-order valence-electron chi connectivity index (χ1n) is 9.60. The van der Waals surface area contributed by atoms with Gasteiger partial charge in [-0.15, -0.1) is 0 Å². The molecule has 9 heteroatoms. The minimum absolute atomic E-state index is 0.0942. The lowest BCUT2D eigenvalue weighted by atomic mass is 9.99. The Balaban J connectivity index is 1.77. The quantitative estimate of drug-likeness (QED) is 0.206. The number of methoxy groups -OCH3 is 1. The molecule has 2 heterocycles. The number of hydrogen-bond donors (Lipinski definition) is 1. The molecule has 9 nitrogen and oxygen atoms in total. The van der Waals surface area contributed by atoms with Gasteiger partial charge in [-0.25, -0.2) is 0 Å². The number of rotatable bonds is 6. The second-order valence-corrected chi connectivity index (χ2v) is 7.09. The zero-order valence-corrected chi connectivity index (χ0v) is 16.9. The van der Waals surface area contributed by atoms with Crippen LogP contribution in [0, 0.1) is 10.1 Å². The third-order valence-electron chi connectivity index (χ3n) is 5.22. The molecule has 1 saturated heterocycles. The fourth-order valence-corrected chi connectivity index (χ4v) is 3.61. The van der Waals surface area contributed by atoms with Gasteiger partial charge in [0.25, 0.3) is 17.4 Å². The molecule has 1 aromatic heterocycles. The molecule has 1 aliphatic heterocycles. The van der Waals surface area contributed by atoms with Crippen molar-refractivity contribution in [2.75, 3.05) is 7.11 Å². The van der Waals surface area contributed by atoms with Crippen molar-refractivity contribution < 1.29 is 28.8 Å². The highest BCUT2D eigenvalue weighted by Crippen LogP contribution is 2.40. The SMILES string of the molecule is COc1ccc(CN2C(=O)C(=O)/C(=C(\O)c3ccc([N+](=O)[O-])cc3)C2c2ccco2)cc1. The molecule has 0 bridgehead atoms. The number of ketones is 1. The largest absolute Gasteiger partial charge is 0.507 e. The minimum atomic E-state index is -0.956. The molecule has 4 rings (SSSR count). The molecule has 3 aromatic rings. The molecule has 0 spiro atoms. The van der Waals surface area contributed by atoms with Gasteiger partial charge in [0.05, 0.1) is 23.9 Å². The number of carbonyl (C=O) groups is 2. The van der Waals surface area contributed by atoms with Gasteiger partial charge in [0, 0.05) is 24.2 Å². The number of nitro benzene ring substituents is 1. The van der Waals surface area contributed by atoms with Crippen LogP contribution in [-0.4, -0.2) is 33.7 Å². The summed E-state index contributed by atoms with van der Waals surface area (Å²) in [6, 6.07) is 14.4. The summed E-state index contributed by atoms with van der Waals surface area (Å²) < 4.78 is 10.6. The average Bonchev–Trinajstić information content (AvgIpc) is 3.42. The number of aliphatic hydroxyl groups excluding tert-OH is 1. The molecule has 32 heavy (non-hydrogen) atoms. The summed E-state index contributed by atoms with van der Waals surface area (Å²) in [5.41, 5.74) is 0.616. The fraction of sp³-hybridized carbons (Fsp3) is 0.130. The van der Waals surface area contributed by atoms with Crippen LogP contribution in [0.25, 0.3) is 5.76 Å². The van der Waals surface area contributed by atoms with E-state index in [9.17, 15) is 24.8 Å². The van der Waals surface area contributed by atoms with Crippen molar-refractivity contribution in [2.45, 2.75) is 12.6 Å². The van der Waals surface area contributed by atoms with Crippen LogP contribution in [0.1, 0.15) is 22.9 Å². The summed E-state index contributed by atoms with van der Waals surface area (Å²) in [4.78, 5) is 37.5. The minimum Gasteiger partial charge on any atom is -0.507 e. The molecular formula is C23H18N2O7. The molecule has 0 radical (unpaired) electrons. The highest BCUT2D eigenvalue weighted by atomic mass is 16.6. The van der Waals surface area contributed by atoms with Crippen LogP contribution in [0.3, 0.4) is 0 Å². The van der Waals surface area contributed by atoms with E-state index in [-0.39, 0.29) is 23.4 Å². The second kappa shape index (κ2) is 8.38. The molecule has 2 aromatic carbocycles. The Morgan fingerprint density at radius 2 is 1.81 bits per heavy atom. The fourth-order valence-electron chi connectivity index (χ4n) is 3.61. The topological polar surface area (TPSA) is 123 Å². The Kier molecular flexibility index (Phi) is 5.46. The van der Waals surface area contributed by atoms with Gasteiger partial charge >= 0.3 is 0 Å². The highest BCUT2D eigenvalue weighted by molar-refractivity contribution is 6.46. The first-order chi connectivity index (χ1) is 15.4. The summed E-state index contributed by atoms with van der Waals surface area (Å²) in [5.74, 6) is -1.13. The Hall–Kier alpha value is -4.40. The zero-order chi connectivity index (χ0) is 22.8. The van der Waals surface area contributed by atoms with Crippen LogP contribution >= 0.6 is 0 Å². The zero-order valence-electron chi connectivity index (χ0n) is 16.9. The van der Waals surface area contributed by atoms with Crippen molar-refractivity contribution in [1.82, 2.24) is 4.90 Å². The Morgan fingerprint density at radius 1 is 1.12 bits per heavy atom. The monoisotopic (exact) mass is 434 g/mol. The van der Waals surface area contributed by atoms with E-state index >= 15 is 0 Å². The number of nitro groups is 1. The summed E-state index contributed by atoms with van der Waals surface area (Å²) in [6.45, 7) is 0.0942. The maximum absolute atomic E-state index is 12.9. The summed E-state index contributed by atoms with van der Waals surface area (Å²) in [7, 11) is 1.54. The summed E-state index contributed by atoms with van der Waals surface area (Å²) in [6.07, 6.45) is 1.41. The number of ether oxygens (including phenoxy) is 1. The number of carbonyl (C=O) groups excluding carboxylic acids is 2. The number of aliphatic hydroxyl groups is 1. The highest BCUT2D eigenvalue weighted by Gasteiger charge is 2.47. The Bertz CT molecular complexity index is 1200. The lowest BCUT2D eigenvalue weighted by Gasteiger charge is -2.23. The molecule has 1 N–H and O–H groups in total. The maximum Gasteiger partial charge on any atom is 0.296 e. The first kappa shape index (κ1) is 20.9. The van der Waals surface area contributed by atoms with E-state index in [1.165, 1.54) is 35.4 Å². The molecule has 1 fully saturated rings. The number of non-ortho nitro benzene ring substituents is 1. The molecule has 0 aliphatic carbocycles.